The summed E-state index contributed by atoms with van der Waals surface area (Å²) in [4.78, 5) is 12.1. The third-order valence-electron chi connectivity index (χ3n) is 3.52. The lowest BCUT2D eigenvalue weighted by atomic mass is 10.1. The molecule has 3 rings (SSSR count). The highest BCUT2D eigenvalue weighted by Crippen LogP contribution is 2.27. The zero-order valence-electron chi connectivity index (χ0n) is 12.1. The van der Waals surface area contributed by atoms with Crippen molar-refractivity contribution in [2.45, 2.75) is 18.0 Å². The summed E-state index contributed by atoms with van der Waals surface area (Å²) in [5.74, 6) is 1.42. The molecule has 0 saturated heterocycles. The van der Waals surface area contributed by atoms with Crippen LogP contribution in [-0.4, -0.2) is 0 Å². The first-order valence-corrected chi connectivity index (χ1v) is 8.50. The smallest absolute Gasteiger partial charge is 0.192 e. The van der Waals surface area contributed by atoms with Gasteiger partial charge in [-0.15, -0.1) is 0 Å². The van der Waals surface area contributed by atoms with E-state index in [1.807, 2.05) is 43.3 Å². The van der Waals surface area contributed by atoms with E-state index in [0.717, 1.165) is 16.9 Å². The van der Waals surface area contributed by atoms with Gasteiger partial charge in [0.2, 0.25) is 0 Å². The lowest BCUT2D eigenvalue weighted by molar-refractivity contribution is 0.304. The minimum atomic E-state index is -0.00868. The van der Waals surface area contributed by atoms with E-state index in [2.05, 4.69) is 22.6 Å². The topological polar surface area (TPSA) is 39.4 Å². The Morgan fingerprint density at radius 2 is 1.91 bits per heavy atom. The molecule has 4 heteroatoms. The standard InChI is InChI=1S/C18H15IO3/c1-12-17(21-11-13-5-3-2-4-6-13)8-7-15-16(20)9-14(10-19)22-18(12)15/h2-9H,10-11H2,1H3. The largest absolute Gasteiger partial charge is 0.488 e. The zero-order chi connectivity index (χ0) is 15.5. The van der Waals surface area contributed by atoms with E-state index >= 15 is 0 Å². The maximum Gasteiger partial charge on any atom is 0.192 e. The van der Waals surface area contributed by atoms with E-state index in [0.29, 0.717) is 27.8 Å². The van der Waals surface area contributed by atoms with Crippen molar-refractivity contribution in [3.05, 3.63) is 75.6 Å². The van der Waals surface area contributed by atoms with Crippen LogP contribution < -0.4 is 10.2 Å². The Hall–Kier alpha value is -1.82. The van der Waals surface area contributed by atoms with Gasteiger partial charge in [0.15, 0.2) is 5.43 Å². The number of hydrogen-bond acceptors (Lipinski definition) is 3. The highest BCUT2D eigenvalue weighted by atomic mass is 127. The fourth-order valence-electron chi connectivity index (χ4n) is 2.34. The summed E-state index contributed by atoms with van der Waals surface area (Å²) in [6, 6.07) is 15.1. The van der Waals surface area contributed by atoms with Crippen LogP contribution >= 0.6 is 22.6 Å². The summed E-state index contributed by atoms with van der Waals surface area (Å²) in [6.45, 7) is 2.41. The highest BCUT2D eigenvalue weighted by molar-refractivity contribution is 14.1. The molecule has 3 aromatic rings. The zero-order valence-corrected chi connectivity index (χ0v) is 14.3. The van der Waals surface area contributed by atoms with E-state index in [-0.39, 0.29) is 5.43 Å². The summed E-state index contributed by atoms with van der Waals surface area (Å²) in [5.41, 5.74) is 2.57. The van der Waals surface area contributed by atoms with Gasteiger partial charge in [0, 0.05) is 11.6 Å². The van der Waals surface area contributed by atoms with Gasteiger partial charge in [-0.2, -0.15) is 0 Å². The number of halogens is 1. The van der Waals surface area contributed by atoms with Crippen LogP contribution in [0.4, 0.5) is 0 Å². The van der Waals surface area contributed by atoms with Gasteiger partial charge < -0.3 is 9.15 Å². The molecule has 0 atom stereocenters. The summed E-state index contributed by atoms with van der Waals surface area (Å²) in [7, 11) is 0. The van der Waals surface area contributed by atoms with Crippen LogP contribution in [-0.2, 0) is 11.0 Å². The molecule has 112 valence electrons. The number of hydrogen-bond donors (Lipinski definition) is 0. The van der Waals surface area contributed by atoms with Gasteiger partial charge >= 0.3 is 0 Å². The van der Waals surface area contributed by atoms with Gasteiger partial charge in [0.05, 0.1) is 9.81 Å². The van der Waals surface area contributed by atoms with Crippen molar-refractivity contribution in [1.29, 1.82) is 0 Å². The van der Waals surface area contributed by atoms with Gasteiger partial charge in [-0.3, -0.25) is 4.79 Å². The van der Waals surface area contributed by atoms with Crippen LogP contribution in [0.25, 0.3) is 11.0 Å². The van der Waals surface area contributed by atoms with Gasteiger partial charge in [-0.1, -0.05) is 52.9 Å². The van der Waals surface area contributed by atoms with E-state index in [1.165, 1.54) is 0 Å². The monoisotopic (exact) mass is 406 g/mol. The molecule has 0 aliphatic carbocycles. The Bertz CT molecular complexity index is 853. The number of rotatable bonds is 4. The lowest BCUT2D eigenvalue weighted by Gasteiger charge is -2.11. The number of benzene rings is 2. The average Bonchev–Trinajstić information content (AvgIpc) is 2.55. The predicted molar refractivity (Wildman–Crippen MR) is 95.7 cm³/mol. The molecule has 0 spiro atoms. The minimum Gasteiger partial charge on any atom is -0.488 e. The lowest BCUT2D eigenvalue weighted by Crippen LogP contribution is -2.04. The van der Waals surface area contributed by atoms with Crippen molar-refractivity contribution < 1.29 is 9.15 Å². The molecule has 0 radical (unpaired) electrons. The highest BCUT2D eigenvalue weighted by Gasteiger charge is 2.11. The van der Waals surface area contributed by atoms with E-state index < -0.39 is 0 Å². The van der Waals surface area contributed by atoms with Gasteiger partial charge in [0.1, 0.15) is 23.7 Å². The first-order chi connectivity index (χ1) is 10.7. The second-order valence-corrected chi connectivity index (χ2v) is 5.81. The average molecular weight is 406 g/mol. The Kier molecular flexibility index (Phi) is 4.47. The molecule has 1 aromatic heterocycles. The molecule has 0 aliphatic heterocycles. The fraction of sp³-hybridized carbons (Fsp3) is 0.167. The van der Waals surface area contributed by atoms with Crippen molar-refractivity contribution in [1.82, 2.24) is 0 Å². The second kappa shape index (κ2) is 6.52. The summed E-state index contributed by atoms with van der Waals surface area (Å²) in [6.07, 6.45) is 0. The molecule has 0 fully saturated rings. The molecule has 0 aliphatic rings. The Morgan fingerprint density at radius 1 is 1.14 bits per heavy atom. The summed E-state index contributed by atoms with van der Waals surface area (Å²) in [5, 5.41) is 0.596. The van der Waals surface area contributed by atoms with Crippen LogP contribution in [0.2, 0.25) is 0 Å². The SMILES string of the molecule is Cc1c(OCc2ccccc2)ccc2c(=O)cc(CI)oc12. The maximum atomic E-state index is 12.1. The Morgan fingerprint density at radius 3 is 2.64 bits per heavy atom. The molecular formula is C18H15IO3. The Labute approximate surface area is 142 Å². The summed E-state index contributed by atoms with van der Waals surface area (Å²) < 4.78 is 12.4. The third kappa shape index (κ3) is 3.02. The van der Waals surface area contributed by atoms with Crippen LogP contribution in [0.5, 0.6) is 5.75 Å². The van der Waals surface area contributed by atoms with Crippen molar-refractivity contribution >= 4 is 33.6 Å². The molecule has 0 bridgehead atoms. The van der Waals surface area contributed by atoms with Crippen LogP contribution in [0.3, 0.4) is 0 Å². The maximum absolute atomic E-state index is 12.1. The Balaban J connectivity index is 1.97. The second-order valence-electron chi connectivity index (χ2n) is 5.05. The third-order valence-corrected chi connectivity index (χ3v) is 4.27. The van der Waals surface area contributed by atoms with Crippen LogP contribution in [0.15, 0.2) is 57.7 Å². The molecule has 0 unspecified atom stereocenters. The molecule has 2 aromatic carbocycles. The number of alkyl halides is 1. The molecule has 0 N–H and O–H groups in total. The van der Waals surface area contributed by atoms with Gasteiger partial charge in [-0.05, 0) is 24.6 Å². The first kappa shape index (κ1) is 15.1. The van der Waals surface area contributed by atoms with Gasteiger partial charge in [-0.25, -0.2) is 0 Å². The molecule has 0 saturated carbocycles. The summed E-state index contributed by atoms with van der Waals surface area (Å²) >= 11 is 2.18. The molecule has 0 amide bonds. The van der Waals surface area contributed by atoms with E-state index in [9.17, 15) is 4.79 Å². The quantitative estimate of drug-likeness (QED) is 0.469. The molecule has 22 heavy (non-hydrogen) atoms. The van der Waals surface area contributed by atoms with E-state index in [4.69, 9.17) is 9.15 Å². The van der Waals surface area contributed by atoms with Crippen LogP contribution in [0.1, 0.15) is 16.9 Å². The van der Waals surface area contributed by atoms with Crippen molar-refractivity contribution in [2.24, 2.45) is 0 Å². The molecule has 1 heterocycles. The number of aryl methyl sites for hydroxylation is 1. The molecular weight excluding hydrogens is 391 g/mol. The number of fused-ring (bicyclic) bond motifs is 1. The predicted octanol–water partition coefficient (Wildman–Crippen LogP) is 4.62. The van der Waals surface area contributed by atoms with Gasteiger partial charge in [0.25, 0.3) is 0 Å². The number of ether oxygens (including phenoxy) is 1. The fourth-order valence-corrected chi connectivity index (χ4v) is 2.72. The van der Waals surface area contributed by atoms with Crippen molar-refractivity contribution in [3.63, 3.8) is 0 Å². The first-order valence-electron chi connectivity index (χ1n) is 6.98. The normalized spacial score (nSPS) is 10.8. The minimum absolute atomic E-state index is 0.00868. The molecule has 3 nitrogen and oxygen atoms in total. The van der Waals surface area contributed by atoms with Crippen molar-refractivity contribution in [2.75, 3.05) is 0 Å². The van der Waals surface area contributed by atoms with E-state index in [1.54, 1.807) is 12.1 Å². The van der Waals surface area contributed by atoms with Crippen LogP contribution in [0, 0.1) is 6.92 Å². The van der Waals surface area contributed by atoms with Crippen molar-refractivity contribution in [3.8, 4) is 5.75 Å².